The molecule has 2 N–H and O–H groups in total. The molecule has 7 heteroatoms. The van der Waals surface area contributed by atoms with Crippen LogP contribution < -0.4 is 0 Å². The van der Waals surface area contributed by atoms with Crippen LogP contribution in [0.4, 0.5) is 8.78 Å². The van der Waals surface area contributed by atoms with Gasteiger partial charge in [0.1, 0.15) is 5.78 Å². The number of aliphatic carboxylic acids is 1. The summed E-state index contributed by atoms with van der Waals surface area (Å²) in [4.78, 5) is 34.4. The Bertz CT molecular complexity index is 544. The molecule has 0 amide bonds. The number of carbonyl (C=O) groups excluding carboxylic acids is 2. The Hall–Kier alpha value is -1.63. The third-order valence-corrected chi connectivity index (χ3v) is 5.11. The molecule has 0 radical (unpaired) electrons. The van der Waals surface area contributed by atoms with Gasteiger partial charge in [0.15, 0.2) is 0 Å². The summed E-state index contributed by atoms with van der Waals surface area (Å²) in [6.45, 7) is 1.78. The summed E-state index contributed by atoms with van der Waals surface area (Å²) in [6, 6.07) is 0. The Kier molecular flexibility index (Phi) is 9.77. The van der Waals surface area contributed by atoms with Gasteiger partial charge in [0.25, 0.3) is 0 Å². The fourth-order valence-electron chi connectivity index (χ4n) is 3.47. The van der Waals surface area contributed by atoms with E-state index in [4.69, 9.17) is 5.11 Å². The molecule has 5 nitrogen and oxygen atoms in total. The Labute approximate surface area is 158 Å². The maximum atomic E-state index is 13.8. The van der Waals surface area contributed by atoms with E-state index in [1.165, 1.54) is 0 Å². The lowest BCUT2D eigenvalue weighted by Crippen LogP contribution is -2.30. The summed E-state index contributed by atoms with van der Waals surface area (Å²) < 4.78 is 27.6. The van der Waals surface area contributed by atoms with Gasteiger partial charge in [-0.3, -0.25) is 14.4 Å². The number of carboxylic acid groups (broad SMARTS) is 1. The number of halogens is 2. The normalized spacial score (nSPS) is 23.3. The van der Waals surface area contributed by atoms with Crippen molar-refractivity contribution in [3.8, 4) is 0 Å². The van der Waals surface area contributed by atoms with Crippen LogP contribution in [-0.2, 0) is 14.4 Å². The van der Waals surface area contributed by atoms with E-state index >= 15 is 0 Å². The molecule has 1 aliphatic rings. The zero-order valence-corrected chi connectivity index (χ0v) is 15.8. The van der Waals surface area contributed by atoms with Crippen LogP contribution in [0.15, 0.2) is 12.2 Å². The van der Waals surface area contributed by atoms with E-state index in [9.17, 15) is 28.3 Å². The van der Waals surface area contributed by atoms with Crippen molar-refractivity contribution in [2.24, 2.45) is 11.8 Å². The largest absolute Gasteiger partial charge is 0.481 e. The lowest BCUT2D eigenvalue weighted by atomic mass is 9.86. The predicted molar refractivity (Wildman–Crippen MR) is 96.6 cm³/mol. The highest BCUT2D eigenvalue weighted by Crippen LogP contribution is 2.36. The van der Waals surface area contributed by atoms with E-state index < -0.39 is 42.0 Å². The number of carbonyl (C=O) groups is 3. The first-order valence-electron chi connectivity index (χ1n) is 9.67. The van der Waals surface area contributed by atoms with Crippen LogP contribution in [0.5, 0.6) is 0 Å². The molecule has 1 rings (SSSR count). The highest BCUT2D eigenvalue weighted by atomic mass is 19.3. The minimum absolute atomic E-state index is 0.0113. The van der Waals surface area contributed by atoms with Crippen molar-refractivity contribution in [1.82, 2.24) is 0 Å². The van der Waals surface area contributed by atoms with Gasteiger partial charge >= 0.3 is 11.9 Å². The average Bonchev–Trinajstić information content (AvgIpc) is 2.86. The van der Waals surface area contributed by atoms with Crippen molar-refractivity contribution in [2.45, 2.75) is 83.2 Å². The molecule has 154 valence electrons. The molecule has 3 atom stereocenters. The molecule has 0 aromatic heterocycles. The molecule has 0 saturated heterocycles. The topological polar surface area (TPSA) is 91.7 Å². The number of aliphatic hydroxyl groups is 1. The van der Waals surface area contributed by atoms with Gasteiger partial charge in [-0.05, 0) is 38.0 Å². The molecular weight excluding hydrogens is 358 g/mol. The van der Waals surface area contributed by atoms with Crippen LogP contribution in [0, 0.1) is 11.8 Å². The smallest absolute Gasteiger partial charge is 0.305 e. The number of alkyl halides is 2. The van der Waals surface area contributed by atoms with Gasteiger partial charge in [-0.15, -0.1) is 0 Å². The highest BCUT2D eigenvalue weighted by molar-refractivity contribution is 5.86. The maximum Gasteiger partial charge on any atom is 0.305 e. The fraction of sp³-hybridized carbons (Fsp3) is 0.750. The number of unbranched alkanes of at least 4 members (excludes halogenated alkanes) is 2. The van der Waals surface area contributed by atoms with Crippen molar-refractivity contribution in [3.63, 3.8) is 0 Å². The van der Waals surface area contributed by atoms with E-state index in [0.29, 0.717) is 25.7 Å². The number of allylic oxidation sites excluding steroid dienone is 2. The lowest BCUT2D eigenvalue weighted by molar-refractivity contribution is -0.144. The van der Waals surface area contributed by atoms with Gasteiger partial charge in [0, 0.05) is 31.6 Å². The van der Waals surface area contributed by atoms with Gasteiger partial charge in [-0.1, -0.05) is 25.5 Å². The summed E-state index contributed by atoms with van der Waals surface area (Å²) in [5.74, 6) is -6.42. The zero-order chi connectivity index (χ0) is 20.4. The minimum atomic E-state index is -3.34. The third-order valence-electron chi connectivity index (χ3n) is 5.11. The number of ketones is 2. The third kappa shape index (κ3) is 7.87. The van der Waals surface area contributed by atoms with Gasteiger partial charge < -0.3 is 10.2 Å². The molecule has 0 spiro atoms. The van der Waals surface area contributed by atoms with Crippen LogP contribution in [0.3, 0.4) is 0 Å². The second-order valence-electron chi connectivity index (χ2n) is 7.27. The second kappa shape index (κ2) is 11.3. The monoisotopic (exact) mass is 388 g/mol. The van der Waals surface area contributed by atoms with Crippen molar-refractivity contribution >= 4 is 17.5 Å². The molecule has 3 unspecified atom stereocenters. The van der Waals surface area contributed by atoms with Crippen molar-refractivity contribution in [1.29, 1.82) is 0 Å². The highest BCUT2D eigenvalue weighted by Gasteiger charge is 2.43. The maximum absolute atomic E-state index is 13.8. The van der Waals surface area contributed by atoms with Crippen LogP contribution in [0.1, 0.15) is 71.1 Å². The Morgan fingerprint density at radius 3 is 2.56 bits per heavy atom. The van der Waals surface area contributed by atoms with Crippen LogP contribution >= 0.6 is 0 Å². The fourth-order valence-corrected chi connectivity index (χ4v) is 3.47. The standard InChI is InChI=1S/C20H30F2O5/c1-2-3-12-20(21,22)18(25)11-10-15-14(16(23)13-17(15)24)8-6-4-5-7-9-19(26)27/h4,6,14-15,17,24H,2-3,5,7-13H2,1H3,(H,26,27)/b6-4+. The van der Waals surface area contributed by atoms with Crippen LogP contribution in [0.25, 0.3) is 0 Å². The first kappa shape index (κ1) is 23.4. The predicted octanol–water partition coefficient (Wildman–Crippen LogP) is 3.93. The first-order chi connectivity index (χ1) is 12.7. The van der Waals surface area contributed by atoms with E-state index in [1.807, 2.05) is 0 Å². The molecule has 0 aliphatic heterocycles. The Morgan fingerprint density at radius 2 is 1.93 bits per heavy atom. The summed E-state index contributed by atoms with van der Waals surface area (Å²) in [7, 11) is 0. The quantitative estimate of drug-likeness (QED) is 0.368. The van der Waals surface area contributed by atoms with E-state index in [0.717, 1.165) is 0 Å². The molecule has 0 aromatic rings. The summed E-state index contributed by atoms with van der Waals surface area (Å²) in [5.41, 5.74) is 0. The summed E-state index contributed by atoms with van der Waals surface area (Å²) >= 11 is 0. The summed E-state index contributed by atoms with van der Waals surface area (Å²) in [6.07, 6.45) is 4.29. The molecule has 0 heterocycles. The van der Waals surface area contributed by atoms with Gasteiger partial charge in [-0.2, -0.15) is 8.78 Å². The zero-order valence-electron chi connectivity index (χ0n) is 15.8. The summed E-state index contributed by atoms with van der Waals surface area (Å²) in [5, 5.41) is 18.7. The molecular formula is C20H30F2O5. The minimum Gasteiger partial charge on any atom is -0.481 e. The Balaban J connectivity index is 2.53. The van der Waals surface area contributed by atoms with Gasteiger partial charge in [-0.25, -0.2) is 0 Å². The molecule has 1 saturated carbocycles. The molecule has 27 heavy (non-hydrogen) atoms. The molecule has 0 aromatic carbocycles. The molecule has 1 fully saturated rings. The molecule has 1 aliphatic carbocycles. The Morgan fingerprint density at radius 1 is 1.22 bits per heavy atom. The number of hydrogen-bond donors (Lipinski definition) is 2. The van der Waals surface area contributed by atoms with E-state index in [1.54, 1.807) is 19.1 Å². The van der Waals surface area contributed by atoms with Crippen LogP contribution in [-0.4, -0.2) is 39.8 Å². The average molecular weight is 388 g/mol. The lowest BCUT2D eigenvalue weighted by Gasteiger charge is -2.21. The number of Topliss-reactive ketones (excluding diaryl/α,β-unsaturated/α-hetero) is 2. The van der Waals surface area contributed by atoms with Crippen molar-refractivity contribution in [2.75, 3.05) is 0 Å². The van der Waals surface area contributed by atoms with Crippen molar-refractivity contribution in [3.05, 3.63) is 12.2 Å². The van der Waals surface area contributed by atoms with E-state index in [-0.39, 0.29) is 37.9 Å². The number of rotatable bonds is 13. The van der Waals surface area contributed by atoms with Gasteiger partial charge in [0.05, 0.1) is 6.10 Å². The molecule has 0 bridgehead atoms. The first-order valence-corrected chi connectivity index (χ1v) is 9.67. The second-order valence-corrected chi connectivity index (χ2v) is 7.27. The van der Waals surface area contributed by atoms with Gasteiger partial charge in [0.2, 0.25) is 5.78 Å². The number of aliphatic hydroxyl groups excluding tert-OH is 1. The van der Waals surface area contributed by atoms with Crippen molar-refractivity contribution < 1.29 is 33.4 Å². The van der Waals surface area contributed by atoms with E-state index in [2.05, 4.69) is 0 Å². The van der Waals surface area contributed by atoms with Crippen LogP contribution in [0.2, 0.25) is 0 Å². The SMILES string of the molecule is CCCCC(F)(F)C(=O)CCC1C(O)CC(=O)C1C/C=C/CCCC(=O)O. The number of hydrogen-bond acceptors (Lipinski definition) is 4. The number of carboxylic acids is 1.